The Morgan fingerprint density at radius 1 is 1.12 bits per heavy atom. The Morgan fingerprint density at radius 3 is 2.59 bits per heavy atom. The monoisotopic (exact) mass is 457 g/mol. The van der Waals surface area contributed by atoms with E-state index in [2.05, 4.69) is 9.97 Å². The van der Waals surface area contributed by atoms with Crippen molar-refractivity contribution in [1.82, 2.24) is 28.6 Å². The predicted molar refractivity (Wildman–Crippen MR) is 119 cm³/mol. The number of hydrogen-bond donors (Lipinski definition) is 0. The Labute approximate surface area is 184 Å². The summed E-state index contributed by atoms with van der Waals surface area (Å²) in [6, 6.07) is 4.91. The molecule has 10 nitrogen and oxygen atoms in total. The van der Waals surface area contributed by atoms with Crippen LogP contribution in [0, 0.1) is 5.82 Å². The molecule has 32 heavy (non-hydrogen) atoms. The average Bonchev–Trinajstić information content (AvgIpc) is 3.42. The molecule has 0 bridgehead atoms. The molecule has 1 saturated heterocycles. The number of piperazine rings is 1. The van der Waals surface area contributed by atoms with Crippen LogP contribution in [-0.4, -0.2) is 60.7 Å². The number of thiazole rings is 1. The molecule has 166 valence electrons. The zero-order chi connectivity index (χ0) is 22.6. The van der Waals surface area contributed by atoms with Crippen molar-refractivity contribution in [3.63, 3.8) is 0 Å². The second-order valence-corrected chi connectivity index (χ2v) is 8.71. The molecule has 0 aliphatic carbocycles. The lowest BCUT2D eigenvalue weighted by molar-refractivity contribution is -0.132. The van der Waals surface area contributed by atoms with Gasteiger partial charge in [0.15, 0.2) is 16.3 Å². The minimum absolute atomic E-state index is 0.0453. The normalized spacial score (nSPS) is 14.6. The highest BCUT2D eigenvalue weighted by atomic mass is 32.1. The van der Waals surface area contributed by atoms with Crippen LogP contribution < -0.4 is 16.1 Å². The molecule has 5 rings (SSSR count). The Kier molecular flexibility index (Phi) is 4.81. The predicted octanol–water partition coefficient (Wildman–Crippen LogP) is 0.531. The summed E-state index contributed by atoms with van der Waals surface area (Å²) in [7, 11) is 2.94. The van der Waals surface area contributed by atoms with Gasteiger partial charge in [0, 0.05) is 40.3 Å². The molecule has 0 atom stereocenters. The first-order valence-electron chi connectivity index (χ1n) is 10.0. The molecule has 0 spiro atoms. The van der Waals surface area contributed by atoms with Crippen LogP contribution >= 0.6 is 11.3 Å². The van der Waals surface area contributed by atoms with Gasteiger partial charge < -0.3 is 14.4 Å². The maximum atomic E-state index is 13.9. The van der Waals surface area contributed by atoms with Gasteiger partial charge >= 0.3 is 5.69 Å². The van der Waals surface area contributed by atoms with Gasteiger partial charge in [-0.1, -0.05) is 17.4 Å². The number of rotatable bonds is 3. The number of aromatic nitrogens is 5. The average molecular weight is 457 g/mol. The van der Waals surface area contributed by atoms with E-state index in [9.17, 15) is 18.8 Å². The van der Waals surface area contributed by atoms with Crippen LogP contribution in [-0.2, 0) is 25.4 Å². The molecular formula is C20H20FN7O3S. The summed E-state index contributed by atoms with van der Waals surface area (Å²) in [5.74, 6) is -0.481. The first-order chi connectivity index (χ1) is 15.3. The van der Waals surface area contributed by atoms with Crippen molar-refractivity contribution in [3.8, 4) is 0 Å². The van der Waals surface area contributed by atoms with Crippen LogP contribution in [0.3, 0.4) is 0 Å². The number of imidazole rings is 1. The van der Waals surface area contributed by atoms with E-state index >= 15 is 0 Å². The highest BCUT2D eigenvalue weighted by Gasteiger charge is 2.25. The largest absolute Gasteiger partial charge is 0.345 e. The Hall–Kier alpha value is -3.54. The fraction of sp³-hybridized carbons (Fsp3) is 0.350. The topological polar surface area (TPSA) is 98.3 Å². The van der Waals surface area contributed by atoms with Crippen LogP contribution in [0.4, 0.5) is 9.52 Å². The molecule has 1 fully saturated rings. The first kappa shape index (κ1) is 20.4. The number of nitrogens with zero attached hydrogens (tertiary/aromatic N) is 7. The van der Waals surface area contributed by atoms with E-state index in [1.807, 2.05) is 11.0 Å². The van der Waals surface area contributed by atoms with Crippen molar-refractivity contribution in [1.29, 1.82) is 0 Å². The van der Waals surface area contributed by atoms with Gasteiger partial charge in [-0.2, -0.15) is 0 Å². The molecule has 1 aliphatic heterocycles. The van der Waals surface area contributed by atoms with Crippen molar-refractivity contribution < 1.29 is 9.18 Å². The molecule has 4 aromatic rings. The lowest BCUT2D eigenvalue weighted by atomic mass is 10.3. The molecule has 1 aromatic carbocycles. The first-order valence-corrected chi connectivity index (χ1v) is 10.9. The maximum absolute atomic E-state index is 13.9. The van der Waals surface area contributed by atoms with Gasteiger partial charge in [-0.15, -0.1) is 0 Å². The molecule has 4 heterocycles. The fourth-order valence-corrected chi connectivity index (χ4v) is 4.98. The number of carbonyl (C=O) groups excluding carboxylic acids is 1. The third-order valence-electron chi connectivity index (χ3n) is 5.78. The number of amides is 1. The van der Waals surface area contributed by atoms with Crippen molar-refractivity contribution >= 4 is 43.8 Å². The number of hydrogen-bond acceptors (Lipinski definition) is 7. The summed E-state index contributed by atoms with van der Waals surface area (Å²) < 4.78 is 18.5. The van der Waals surface area contributed by atoms with Gasteiger partial charge in [0.05, 0.1) is 11.0 Å². The van der Waals surface area contributed by atoms with E-state index in [1.165, 1.54) is 47.0 Å². The minimum Gasteiger partial charge on any atom is -0.345 e. The Morgan fingerprint density at radius 2 is 1.88 bits per heavy atom. The van der Waals surface area contributed by atoms with E-state index in [-0.39, 0.29) is 29.4 Å². The number of para-hydroxylation sites is 1. The summed E-state index contributed by atoms with van der Waals surface area (Å²) in [4.78, 5) is 49.9. The number of aryl methyl sites for hydroxylation is 1. The molecule has 0 N–H and O–H groups in total. The Bertz CT molecular complexity index is 1480. The highest BCUT2D eigenvalue weighted by molar-refractivity contribution is 7.22. The van der Waals surface area contributed by atoms with E-state index in [0.29, 0.717) is 31.7 Å². The number of carbonyl (C=O) groups is 1. The van der Waals surface area contributed by atoms with Gasteiger partial charge in [-0.25, -0.2) is 19.2 Å². The number of benzene rings is 1. The minimum atomic E-state index is -0.485. The van der Waals surface area contributed by atoms with Crippen molar-refractivity contribution in [2.75, 3.05) is 31.1 Å². The summed E-state index contributed by atoms with van der Waals surface area (Å²) in [6.45, 7) is 2.08. The van der Waals surface area contributed by atoms with E-state index in [4.69, 9.17) is 0 Å². The standard InChI is InChI=1S/C20H20FN7O3S/c1-24-17-16(18(30)25(2)20(24)31)28(11-22-17)10-14(29)26-6-8-27(9-7-26)19-23-15-12(21)4-3-5-13(15)32-19/h3-5,11H,6-10H2,1-2H3. The fourth-order valence-electron chi connectivity index (χ4n) is 3.95. The van der Waals surface area contributed by atoms with E-state index < -0.39 is 11.2 Å². The Balaban J connectivity index is 1.31. The molecule has 1 amide bonds. The van der Waals surface area contributed by atoms with Crippen molar-refractivity contribution in [2.45, 2.75) is 6.54 Å². The van der Waals surface area contributed by atoms with Crippen LogP contribution in [0.1, 0.15) is 0 Å². The van der Waals surface area contributed by atoms with Crippen LogP contribution in [0.2, 0.25) is 0 Å². The molecule has 0 saturated carbocycles. The molecule has 3 aromatic heterocycles. The quantitative estimate of drug-likeness (QED) is 0.445. The van der Waals surface area contributed by atoms with Gasteiger partial charge in [0.25, 0.3) is 5.56 Å². The van der Waals surface area contributed by atoms with Gasteiger partial charge in [-0.05, 0) is 12.1 Å². The molecule has 0 unspecified atom stereocenters. The molecule has 12 heteroatoms. The van der Waals surface area contributed by atoms with Crippen LogP contribution in [0.15, 0.2) is 34.1 Å². The van der Waals surface area contributed by atoms with Crippen molar-refractivity contribution in [3.05, 3.63) is 51.2 Å². The summed E-state index contributed by atoms with van der Waals surface area (Å²) in [5, 5.41) is 0.738. The summed E-state index contributed by atoms with van der Waals surface area (Å²) in [5.41, 5.74) is -0.114. The zero-order valence-electron chi connectivity index (χ0n) is 17.5. The lowest BCUT2D eigenvalue weighted by Gasteiger charge is -2.34. The second kappa shape index (κ2) is 7.55. The van der Waals surface area contributed by atoms with E-state index in [1.54, 1.807) is 11.0 Å². The summed E-state index contributed by atoms with van der Waals surface area (Å²) >= 11 is 1.43. The SMILES string of the molecule is Cn1c(=O)c2c(ncn2CC(=O)N2CCN(c3nc4c(F)cccc4s3)CC2)n(C)c1=O. The molecule has 0 radical (unpaired) electrons. The summed E-state index contributed by atoms with van der Waals surface area (Å²) in [6.07, 6.45) is 1.41. The van der Waals surface area contributed by atoms with Crippen LogP contribution in [0.5, 0.6) is 0 Å². The van der Waals surface area contributed by atoms with Crippen molar-refractivity contribution in [2.24, 2.45) is 14.1 Å². The smallest absolute Gasteiger partial charge is 0.332 e. The number of anilines is 1. The molecular weight excluding hydrogens is 437 g/mol. The van der Waals surface area contributed by atoms with Gasteiger partial charge in [0.1, 0.15) is 17.9 Å². The van der Waals surface area contributed by atoms with E-state index in [0.717, 1.165) is 14.4 Å². The number of halogens is 1. The third kappa shape index (κ3) is 3.18. The third-order valence-corrected chi connectivity index (χ3v) is 6.87. The molecule has 1 aliphatic rings. The zero-order valence-corrected chi connectivity index (χ0v) is 18.3. The van der Waals surface area contributed by atoms with Crippen LogP contribution in [0.25, 0.3) is 21.4 Å². The maximum Gasteiger partial charge on any atom is 0.332 e. The van der Waals surface area contributed by atoms with Gasteiger partial charge in [-0.3, -0.25) is 18.7 Å². The van der Waals surface area contributed by atoms with Gasteiger partial charge in [0.2, 0.25) is 5.91 Å². The lowest BCUT2D eigenvalue weighted by Crippen LogP contribution is -2.49. The number of fused-ring (bicyclic) bond motifs is 2. The second-order valence-electron chi connectivity index (χ2n) is 7.70. The highest BCUT2D eigenvalue weighted by Crippen LogP contribution is 2.30.